The van der Waals surface area contributed by atoms with Gasteiger partial charge in [-0.15, -0.1) is 0 Å². The van der Waals surface area contributed by atoms with Gasteiger partial charge in [-0.05, 0) is 29.0 Å². The number of hydrogen-bond donors (Lipinski definition) is 1. The van der Waals surface area contributed by atoms with E-state index < -0.39 is 22.8 Å². The van der Waals surface area contributed by atoms with Crippen molar-refractivity contribution in [2.75, 3.05) is 14.2 Å². The molecule has 0 saturated carbocycles. The highest BCUT2D eigenvalue weighted by atomic mass is 16.6. The molecule has 0 fully saturated rings. The summed E-state index contributed by atoms with van der Waals surface area (Å²) in [6.07, 6.45) is -0.0309. The fourth-order valence-corrected chi connectivity index (χ4v) is 3.17. The Kier molecular flexibility index (Phi) is 6.26. The van der Waals surface area contributed by atoms with Gasteiger partial charge in [-0.1, -0.05) is 30.3 Å². The van der Waals surface area contributed by atoms with Crippen LogP contribution in [-0.2, 0) is 16.0 Å². The number of benzene rings is 3. The average Bonchev–Trinajstić information content (AvgIpc) is 2.77. The Morgan fingerprint density at radius 1 is 1.03 bits per heavy atom. The van der Waals surface area contributed by atoms with E-state index in [-0.39, 0.29) is 12.1 Å². The maximum absolute atomic E-state index is 12.8. The second-order valence-corrected chi connectivity index (χ2v) is 6.57. The molecule has 0 saturated heterocycles. The average molecular weight is 408 g/mol. The van der Waals surface area contributed by atoms with Crippen LogP contribution in [0.15, 0.2) is 60.7 Å². The Labute approximate surface area is 172 Å². The van der Waals surface area contributed by atoms with Crippen LogP contribution in [0.25, 0.3) is 10.8 Å². The first-order valence-electron chi connectivity index (χ1n) is 9.11. The number of rotatable bonds is 7. The maximum atomic E-state index is 12.8. The van der Waals surface area contributed by atoms with Gasteiger partial charge in [0.2, 0.25) is 0 Å². The highest BCUT2D eigenvalue weighted by Gasteiger charge is 2.25. The van der Waals surface area contributed by atoms with E-state index >= 15 is 0 Å². The van der Waals surface area contributed by atoms with Crippen LogP contribution in [0.4, 0.5) is 5.69 Å². The molecule has 154 valence electrons. The molecule has 0 aromatic heterocycles. The minimum atomic E-state index is -1.05. The Balaban J connectivity index is 1.87. The van der Waals surface area contributed by atoms with Gasteiger partial charge in [0.25, 0.3) is 11.6 Å². The molecular formula is C22H20N2O6. The number of hydrogen-bond acceptors (Lipinski definition) is 6. The number of carbonyl (C=O) groups is 2. The van der Waals surface area contributed by atoms with Crippen LogP contribution < -0.4 is 10.1 Å². The van der Waals surface area contributed by atoms with Gasteiger partial charge >= 0.3 is 5.97 Å². The van der Waals surface area contributed by atoms with Gasteiger partial charge in [0.05, 0.1) is 19.1 Å². The van der Waals surface area contributed by atoms with Gasteiger partial charge in [-0.3, -0.25) is 14.9 Å². The Hall–Kier alpha value is -3.94. The molecule has 30 heavy (non-hydrogen) atoms. The van der Waals surface area contributed by atoms with Crippen LogP contribution >= 0.6 is 0 Å². The van der Waals surface area contributed by atoms with E-state index in [1.54, 1.807) is 12.1 Å². The third kappa shape index (κ3) is 4.54. The summed E-state index contributed by atoms with van der Waals surface area (Å²) in [5.74, 6) is -0.757. The Morgan fingerprint density at radius 2 is 1.77 bits per heavy atom. The summed E-state index contributed by atoms with van der Waals surface area (Å²) in [7, 11) is 2.63. The van der Waals surface area contributed by atoms with E-state index in [0.717, 1.165) is 10.8 Å². The molecule has 0 unspecified atom stereocenters. The topological polar surface area (TPSA) is 108 Å². The van der Waals surface area contributed by atoms with E-state index in [0.29, 0.717) is 16.9 Å². The lowest BCUT2D eigenvalue weighted by molar-refractivity contribution is -0.384. The van der Waals surface area contributed by atoms with Gasteiger partial charge < -0.3 is 14.8 Å². The summed E-state index contributed by atoms with van der Waals surface area (Å²) in [6, 6.07) is 15.8. The monoisotopic (exact) mass is 408 g/mol. The molecule has 8 nitrogen and oxygen atoms in total. The Morgan fingerprint density at radius 3 is 2.43 bits per heavy atom. The molecule has 3 rings (SSSR count). The molecule has 0 spiro atoms. The zero-order chi connectivity index (χ0) is 21.7. The minimum absolute atomic E-state index is 0.0309. The molecule has 0 aliphatic heterocycles. The van der Waals surface area contributed by atoms with Crippen molar-refractivity contribution in [3.63, 3.8) is 0 Å². The molecule has 1 atom stereocenters. The predicted octanol–water partition coefficient (Wildman–Crippen LogP) is 3.27. The van der Waals surface area contributed by atoms with Crippen molar-refractivity contribution in [3.05, 3.63) is 81.9 Å². The van der Waals surface area contributed by atoms with E-state index in [4.69, 9.17) is 9.47 Å². The molecular weight excluding hydrogens is 388 g/mol. The zero-order valence-electron chi connectivity index (χ0n) is 16.5. The quantitative estimate of drug-likeness (QED) is 0.365. The zero-order valence-corrected chi connectivity index (χ0v) is 16.5. The van der Waals surface area contributed by atoms with E-state index in [2.05, 4.69) is 5.32 Å². The van der Waals surface area contributed by atoms with Crippen molar-refractivity contribution in [1.29, 1.82) is 0 Å². The third-order valence-corrected chi connectivity index (χ3v) is 4.70. The van der Waals surface area contributed by atoms with Crippen molar-refractivity contribution in [2.45, 2.75) is 12.5 Å². The molecule has 0 aliphatic rings. The predicted molar refractivity (Wildman–Crippen MR) is 111 cm³/mol. The number of nitrogens with zero attached hydrogens (tertiary/aromatic N) is 1. The van der Waals surface area contributed by atoms with Gasteiger partial charge in [-0.25, -0.2) is 4.79 Å². The van der Waals surface area contributed by atoms with Crippen molar-refractivity contribution in [1.82, 2.24) is 5.32 Å². The van der Waals surface area contributed by atoms with Gasteiger partial charge in [0, 0.05) is 29.7 Å². The molecule has 0 radical (unpaired) electrons. The van der Waals surface area contributed by atoms with Crippen LogP contribution in [0.1, 0.15) is 15.9 Å². The molecule has 8 heteroatoms. The fraction of sp³-hybridized carbons (Fsp3) is 0.182. The molecule has 0 bridgehead atoms. The number of esters is 1. The van der Waals surface area contributed by atoms with Crippen LogP contribution in [0.5, 0.6) is 5.75 Å². The highest BCUT2D eigenvalue weighted by Crippen LogP contribution is 2.25. The lowest BCUT2D eigenvalue weighted by atomic mass is 10.0. The van der Waals surface area contributed by atoms with Crippen molar-refractivity contribution in [2.24, 2.45) is 0 Å². The summed E-state index contributed by atoms with van der Waals surface area (Å²) in [5, 5.41) is 15.6. The second-order valence-electron chi connectivity index (χ2n) is 6.57. The molecule has 1 amide bonds. The van der Waals surface area contributed by atoms with Crippen LogP contribution in [0.3, 0.4) is 0 Å². The SMILES string of the molecule is COC(=O)[C@@H](Cc1cc([N+](=O)[O-])ccc1OC)NC(=O)c1ccc2ccccc2c1. The lowest BCUT2D eigenvalue weighted by Crippen LogP contribution is -2.43. The fourth-order valence-electron chi connectivity index (χ4n) is 3.17. The van der Waals surface area contributed by atoms with Crippen LogP contribution in [0.2, 0.25) is 0 Å². The number of amides is 1. The summed E-state index contributed by atoms with van der Waals surface area (Å²) < 4.78 is 10.1. The smallest absolute Gasteiger partial charge is 0.328 e. The van der Waals surface area contributed by atoms with Crippen molar-refractivity contribution >= 4 is 28.3 Å². The number of fused-ring (bicyclic) bond motifs is 1. The van der Waals surface area contributed by atoms with E-state index in [9.17, 15) is 19.7 Å². The maximum Gasteiger partial charge on any atom is 0.328 e. The summed E-state index contributed by atoms with van der Waals surface area (Å²) in [5.41, 5.74) is 0.643. The summed E-state index contributed by atoms with van der Waals surface area (Å²) in [6.45, 7) is 0. The van der Waals surface area contributed by atoms with Gasteiger partial charge in [-0.2, -0.15) is 0 Å². The van der Waals surface area contributed by atoms with Crippen LogP contribution in [-0.4, -0.2) is 37.1 Å². The first-order chi connectivity index (χ1) is 14.4. The first-order valence-corrected chi connectivity index (χ1v) is 9.11. The largest absolute Gasteiger partial charge is 0.496 e. The number of carbonyl (C=O) groups excluding carboxylic acids is 2. The first kappa shape index (κ1) is 20.8. The molecule has 0 heterocycles. The molecule has 3 aromatic rings. The normalized spacial score (nSPS) is 11.5. The Bertz CT molecular complexity index is 1110. The van der Waals surface area contributed by atoms with Gasteiger partial charge in [0.15, 0.2) is 0 Å². The van der Waals surface area contributed by atoms with Crippen molar-refractivity contribution < 1.29 is 24.0 Å². The number of nitrogens with one attached hydrogen (secondary N) is 1. The van der Waals surface area contributed by atoms with E-state index in [1.165, 1.54) is 32.4 Å². The lowest BCUT2D eigenvalue weighted by Gasteiger charge is -2.18. The number of ether oxygens (including phenoxy) is 2. The summed E-state index contributed by atoms with van der Waals surface area (Å²) in [4.78, 5) is 35.6. The molecule has 0 aliphatic carbocycles. The van der Waals surface area contributed by atoms with Crippen molar-refractivity contribution in [3.8, 4) is 5.75 Å². The van der Waals surface area contributed by atoms with E-state index in [1.807, 2.05) is 30.3 Å². The number of methoxy groups -OCH3 is 2. The standard InChI is InChI=1S/C22H20N2O6/c1-29-20-10-9-18(24(27)28)12-17(20)13-19(22(26)30-2)23-21(25)16-8-7-14-5-3-4-6-15(14)11-16/h3-12,19H,13H2,1-2H3,(H,23,25)/t19-/m1/s1. The third-order valence-electron chi connectivity index (χ3n) is 4.70. The summed E-state index contributed by atoms with van der Waals surface area (Å²) >= 11 is 0. The molecule has 1 N–H and O–H groups in total. The number of nitro benzene ring substituents is 1. The van der Waals surface area contributed by atoms with Crippen LogP contribution in [0, 0.1) is 10.1 Å². The molecule has 3 aromatic carbocycles. The highest BCUT2D eigenvalue weighted by molar-refractivity contribution is 6.00. The second kappa shape index (κ2) is 9.04. The number of non-ortho nitro benzene ring substituents is 1. The minimum Gasteiger partial charge on any atom is -0.496 e. The number of nitro groups is 1. The van der Waals surface area contributed by atoms with Gasteiger partial charge in [0.1, 0.15) is 11.8 Å².